The number of hydrogen-bond donors (Lipinski definition) is 1. The number of benzene rings is 1. The van der Waals surface area contributed by atoms with Crippen LogP contribution < -0.4 is 5.32 Å². The zero-order valence-electron chi connectivity index (χ0n) is 14.3. The predicted octanol–water partition coefficient (Wildman–Crippen LogP) is 3.58. The molecule has 3 rings (SSSR count). The molecular weight excluding hydrogens is 346 g/mol. The molecule has 1 atom stereocenters. The van der Waals surface area contributed by atoms with E-state index < -0.39 is 23.6 Å². The minimum absolute atomic E-state index is 0.161. The van der Waals surface area contributed by atoms with Gasteiger partial charge in [-0.2, -0.15) is 0 Å². The SMILES string of the molecule is CC1=C(C(=O)OC(C)C)C(c2ccc(F)cc2F)NC(=S)N1C1CC1. The Morgan fingerprint density at radius 1 is 1.36 bits per heavy atom. The van der Waals surface area contributed by atoms with Crippen molar-refractivity contribution in [3.8, 4) is 0 Å². The third-order valence-electron chi connectivity index (χ3n) is 4.27. The van der Waals surface area contributed by atoms with Crippen molar-refractivity contribution in [1.82, 2.24) is 10.2 Å². The molecule has 1 unspecified atom stereocenters. The number of esters is 1. The quantitative estimate of drug-likeness (QED) is 0.652. The molecule has 1 aliphatic carbocycles. The molecule has 1 N–H and O–H groups in total. The van der Waals surface area contributed by atoms with E-state index in [1.54, 1.807) is 20.8 Å². The summed E-state index contributed by atoms with van der Waals surface area (Å²) >= 11 is 5.43. The minimum atomic E-state index is -0.811. The molecule has 0 aromatic heterocycles. The fourth-order valence-electron chi connectivity index (χ4n) is 3.04. The largest absolute Gasteiger partial charge is 0.459 e. The first kappa shape index (κ1) is 17.8. The number of carbonyl (C=O) groups excluding carboxylic acids is 1. The van der Waals surface area contributed by atoms with Gasteiger partial charge in [-0.1, -0.05) is 6.07 Å². The average Bonchev–Trinajstić information content (AvgIpc) is 3.30. The lowest BCUT2D eigenvalue weighted by molar-refractivity contribution is -0.143. The van der Waals surface area contributed by atoms with E-state index in [2.05, 4.69) is 5.32 Å². The molecule has 2 aliphatic rings. The van der Waals surface area contributed by atoms with Crippen molar-refractivity contribution in [2.75, 3.05) is 0 Å². The van der Waals surface area contributed by atoms with E-state index in [9.17, 15) is 13.6 Å². The van der Waals surface area contributed by atoms with Crippen molar-refractivity contribution in [3.05, 3.63) is 46.7 Å². The molecule has 0 saturated heterocycles. The van der Waals surface area contributed by atoms with Crippen molar-refractivity contribution < 1.29 is 18.3 Å². The standard InChI is InChI=1S/C18H20F2N2O2S/c1-9(2)24-17(23)15-10(3)22(12-5-6-12)18(25)21-16(15)13-7-4-11(19)8-14(13)20/h4,7-9,12,16H,5-6H2,1-3H3,(H,21,25). The summed E-state index contributed by atoms with van der Waals surface area (Å²) < 4.78 is 33.0. The van der Waals surface area contributed by atoms with Crippen LogP contribution in [-0.4, -0.2) is 28.1 Å². The number of thiocarbonyl (C=S) groups is 1. The third-order valence-corrected chi connectivity index (χ3v) is 4.59. The van der Waals surface area contributed by atoms with Gasteiger partial charge in [0.05, 0.1) is 17.7 Å². The highest BCUT2D eigenvalue weighted by Gasteiger charge is 2.41. The van der Waals surface area contributed by atoms with Crippen molar-refractivity contribution in [2.24, 2.45) is 0 Å². The van der Waals surface area contributed by atoms with E-state index in [-0.39, 0.29) is 17.7 Å². The molecule has 134 valence electrons. The van der Waals surface area contributed by atoms with E-state index in [0.29, 0.717) is 16.4 Å². The summed E-state index contributed by atoms with van der Waals surface area (Å²) in [4.78, 5) is 14.6. The van der Waals surface area contributed by atoms with Gasteiger partial charge in [0.15, 0.2) is 5.11 Å². The molecule has 0 radical (unpaired) electrons. The van der Waals surface area contributed by atoms with Crippen molar-refractivity contribution in [1.29, 1.82) is 0 Å². The minimum Gasteiger partial charge on any atom is -0.459 e. The van der Waals surface area contributed by atoms with Gasteiger partial charge in [-0.15, -0.1) is 0 Å². The van der Waals surface area contributed by atoms with Crippen LogP contribution in [0.2, 0.25) is 0 Å². The monoisotopic (exact) mass is 366 g/mol. The van der Waals surface area contributed by atoms with Crippen LogP contribution in [0.15, 0.2) is 29.5 Å². The zero-order chi connectivity index (χ0) is 18.3. The van der Waals surface area contributed by atoms with Crippen molar-refractivity contribution in [3.63, 3.8) is 0 Å². The second-order valence-electron chi connectivity index (χ2n) is 6.60. The topological polar surface area (TPSA) is 41.6 Å². The summed E-state index contributed by atoms with van der Waals surface area (Å²) in [5, 5.41) is 3.47. The molecule has 1 fully saturated rings. The first-order valence-electron chi connectivity index (χ1n) is 8.26. The molecule has 0 amide bonds. The first-order chi connectivity index (χ1) is 11.8. The predicted molar refractivity (Wildman–Crippen MR) is 93.6 cm³/mol. The highest BCUT2D eigenvalue weighted by Crippen LogP contribution is 2.38. The Morgan fingerprint density at radius 2 is 2.04 bits per heavy atom. The molecular formula is C18H20F2N2O2S. The van der Waals surface area contributed by atoms with Gasteiger partial charge >= 0.3 is 5.97 Å². The first-order valence-corrected chi connectivity index (χ1v) is 8.66. The van der Waals surface area contributed by atoms with Gasteiger partial charge in [0.2, 0.25) is 0 Å². The van der Waals surface area contributed by atoms with Crippen LogP contribution in [0.4, 0.5) is 8.78 Å². The summed E-state index contributed by atoms with van der Waals surface area (Å²) in [6, 6.07) is 2.73. The number of allylic oxidation sites excluding steroid dienone is 1. The maximum Gasteiger partial charge on any atom is 0.338 e. The van der Waals surface area contributed by atoms with E-state index in [0.717, 1.165) is 25.0 Å². The second-order valence-corrected chi connectivity index (χ2v) is 6.99. The number of carbonyl (C=O) groups is 1. The van der Waals surface area contributed by atoms with Crippen LogP contribution in [-0.2, 0) is 9.53 Å². The Hall–Kier alpha value is -2.02. The molecule has 4 nitrogen and oxygen atoms in total. The number of nitrogens with one attached hydrogen (secondary N) is 1. The Labute approximate surface area is 150 Å². The lowest BCUT2D eigenvalue weighted by atomic mass is 9.94. The second kappa shape index (κ2) is 6.71. The molecule has 25 heavy (non-hydrogen) atoms. The fraction of sp³-hybridized carbons (Fsp3) is 0.444. The molecule has 1 aromatic rings. The van der Waals surface area contributed by atoms with Crippen LogP contribution in [0.3, 0.4) is 0 Å². The van der Waals surface area contributed by atoms with E-state index >= 15 is 0 Å². The summed E-state index contributed by atoms with van der Waals surface area (Å²) in [7, 11) is 0. The van der Waals surface area contributed by atoms with Gasteiger partial charge in [-0.3, -0.25) is 0 Å². The number of halogens is 2. The highest BCUT2D eigenvalue weighted by molar-refractivity contribution is 7.80. The summed E-state index contributed by atoms with van der Waals surface area (Å²) in [5.41, 5.74) is 1.12. The number of ether oxygens (including phenoxy) is 1. The van der Waals surface area contributed by atoms with Crippen LogP contribution in [0, 0.1) is 11.6 Å². The number of nitrogens with zero attached hydrogens (tertiary/aromatic N) is 1. The maximum absolute atomic E-state index is 14.3. The van der Waals surface area contributed by atoms with Crippen LogP contribution in [0.25, 0.3) is 0 Å². The van der Waals surface area contributed by atoms with Gasteiger partial charge in [0.25, 0.3) is 0 Å². The summed E-state index contributed by atoms with van der Waals surface area (Å²) in [5.74, 6) is -1.93. The number of hydrogen-bond acceptors (Lipinski definition) is 3. The number of rotatable bonds is 4. The van der Waals surface area contributed by atoms with Gasteiger partial charge < -0.3 is 15.0 Å². The van der Waals surface area contributed by atoms with Gasteiger partial charge in [0, 0.05) is 23.4 Å². The molecule has 0 bridgehead atoms. The lowest BCUT2D eigenvalue weighted by Crippen LogP contribution is -2.49. The lowest BCUT2D eigenvalue weighted by Gasteiger charge is -2.38. The molecule has 1 heterocycles. The Morgan fingerprint density at radius 3 is 2.60 bits per heavy atom. The molecule has 1 saturated carbocycles. The maximum atomic E-state index is 14.3. The molecule has 0 spiro atoms. The van der Waals surface area contributed by atoms with Crippen LogP contribution in [0.1, 0.15) is 45.2 Å². The van der Waals surface area contributed by atoms with E-state index in [1.165, 1.54) is 6.07 Å². The fourth-order valence-corrected chi connectivity index (χ4v) is 3.44. The van der Waals surface area contributed by atoms with Crippen molar-refractivity contribution >= 4 is 23.3 Å². The van der Waals surface area contributed by atoms with Crippen LogP contribution in [0.5, 0.6) is 0 Å². The smallest absolute Gasteiger partial charge is 0.338 e. The Kier molecular flexibility index (Phi) is 4.77. The normalized spacial score (nSPS) is 20.8. The summed E-state index contributed by atoms with van der Waals surface area (Å²) in [6.45, 7) is 5.29. The molecule has 1 aromatic carbocycles. The van der Waals surface area contributed by atoms with E-state index in [4.69, 9.17) is 17.0 Å². The molecule has 7 heteroatoms. The summed E-state index contributed by atoms with van der Waals surface area (Å²) in [6.07, 6.45) is 1.66. The van der Waals surface area contributed by atoms with Crippen LogP contribution >= 0.6 is 12.2 Å². The Balaban J connectivity index is 2.08. The van der Waals surface area contributed by atoms with Gasteiger partial charge in [0.1, 0.15) is 11.6 Å². The zero-order valence-corrected chi connectivity index (χ0v) is 15.1. The van der Waals surface area contributed by atoms with Gasteiger partial charge in [-0.05, 0) is 51.9 Å². The average molecular weight is 366 g/mol. The van der Waals surface area contributed by atoms with Gasteiger partial charge in [-0.25, -0.2) is 13.6 Å². The van der Waals surface area contributed by atoms with Crippen molar-refractivity contribution in [2.45, 2.75) is 51.8 Å². The third kappa shape index (κ3) is 3.51. The highest BCUT2D eigenvalue weighted by atomic mass is 32.1. The van der Waals surface area contributed by atoms with E-state index in [1.807, 2.05) is 4.90 Å². The Bertz CT molecular complexity index is 759. The molecule has 1 aliphatic heterocycles.